The Bertz CT molecular complexity index is 240. The van der Waals surface area contributed by atoms with Crippen molar-refractivity contribution in [2.75, 3.05) is 0 Å². The van der Waals surface area contributed by atoms with Gasteiger partial charge >= 0.3 is 5.97 Å². The molecule has 0 N–H and O–H groups in total. The van der Waals surface area contributed by atoms with Crippen molar-refractivity contribution in [1.29, 1.82) is 0 Å². The van der Waals surface area contributed by atoms with Crippen LogP contribution in [0.15, 0.2) is 24.3 Å². The molecule has 0 aliphatic heterocycles. The van der Waals surface area contributed by atoms with Crippen LogP contribution in [0.25, 0.3) is 0 Å². The molecule has 2 nitrogen and oxygen atoms in total. The molecule has 1 rings (SSSR count). The van der Waals surface area contributed by atoms with Crippen LogP contribution in [0, 0.1) is 0 Å². The van der Waals surface area contributed by atoms with Crippen LogP contribution in [0.5, 0.6) is 0 Å². The van der Waals surface area contributed by atoms with Gasteiger partial charge in [-0.25, -0.2) is 0 Å². The minimum absolute atomic E-state index is 0.123. The summed E-state index contributed by atoms with van der Waals surface area (Å²) in [7, 11) is 0. The highest BCUT2D eigenvalue weighted by molar-refractivity contribution is 5.69. The largest absolute Gasteiger partial charge is 0.454 e. The quantitative estimate of drug-likeness (QED) is 0.624. The van der Waals surface area contributed by atoms with E-state index in [4.69, 9.17) is 4.74 Å². The van der Waals surface area contributed by atoms with E-state index in [-0.39, 0.29) is 11.6 Å². The molecular formula is C11H16O2. The average Bonchev–Trinajstić information content (AvgIpc) is 2.19. The van der Waals surface area contributed by atoms with E-state index in [1.807, 2.05) is 38.2 Å². The third kappa shape index (κ3) is 2.44. The molecular weight excluding hydrogens is 164 g/mol. The van der Waals surface area contributed by atoms with Crippen LogP contribution >= 0.6 is 0 Å². The molecule has 1 aliphatic rings. The molecule has 0 aromatic carbocycles. The molecule has 0 saturated heterocycles. The van der Waals surface area contributed by atoms with Gasteiger partial charge in [-0.2, -0.15) is 0 Å². The molecule has 0 aromatic heterocycles. The second-order valence-electron chi connectivity index (χ2n) is 3.24. The molecule has 0 amide bonds. The smallest absolute Gasteiger partial charge is 0.306 e. The summed E-state index contributed by atoms with van der Waals surface area (Å²) >= 11 is 0. The van der Waals surface area contributed by atoms with Gasteiger partial charge in [-0.1, -0.05) is 32.1 Å². The molecule has 0 saturated carbocycles. The fraction of sp³-hybridized carbons (Fsp3) is 0.545. The fourth-order valence-corrected chi connectivity index (χ4v) is 1.35. The summed E-state index contributed by atoms with van der Waals surface area (Å²) in [4.78, 5) is 11.2. The van der Waals surface area contributed by atoms with Gasteiger partial charge in [-0.05, 0) is 12.5 Å². The molecule has 0 spiro atoms. The predicted octanol–water partition coefficient (Wildman–Crippen LogP) is 2.60. The molecule has 1 unspecified atom stereocenters. The van der Waals surface area contributed by atoms with E-state index in [2.05, 4.69) is 0 Å². The van der Waals surface area contributed by atoms with Gasteiger partial charge in [0.1, 0.15) is 5.60 Å². The first kappa shape index (κ1) is 10.0. The minimum Gasteiger partial charge on any atom is -0.454 e. The van der Waals surface area contributed by atoms with Crippen LogP contribution in [0.3, 0.4) is 0 Å². The van der Waals surface area contributed by atoms with E-state index in [0.29, 0.717) is 6.42 Å². The Balaban J connectivity index is 2.65. The maximum Gasteiger partial charge on any atom is 0.306 e. The number of esters is 1. The summed E-state index contributed by atoms with van der Waals surface area (Å²) in [5, 5.41) is 0. The average molecular weight is 180 g/mol. The lowest BCUT2D eigenvalue weighted by atomic mass is 9.92. The Kier molecular flexibility index (Phi) is 3.29. The number of allylic oxidation sites excluding steroid dienone is 2. The van der Waals surface area contributed by atoms with E-state index in [1.54, 1.807) is 0 Å². The van der Waals surface area contributed by atoms with E-state index in [0.717, 1.165) is 12.8 Å². The molecule has 1 atom stereocenters. The van der Waals surface area contributed by atoms with Crippen molar-refractivity contribution >= 4 is 5.97 Å². The zero-order valence-corrected chi connectivity index (χ0v) is 8.25. The highest BCUT2D eigenvalue weighted by Crippen LogP contribution is 2.26. The summed E-state index contributed by atoms with van der Waals surface area (Å²) in [5.41, 5.74) is -0.373. The fourth-order valence-electron chi connectivity index (χ4n) is 1.35. The monoisotopic (exact) mass is 180 g/mol. The summed E-state index contributed by atoms with van der Waals surface area (Å²) in [6.07, 6.45) is 10.0. The van der Waals surface area contributed by atoms with Crippen LogP contribution in [-0.2, 0) is 9.53 Å². The van der Waals surface area contributed by atoms with Crippen molar-refractivity contribution in [3.63, 3.8) is 0 Å². The first-order valence-corrected chi connectivity index (χ1v) is 4.78. The first-order valence-electron chi connectivity index (χ1n) is 4.78. The van der Waals surface area contributed by atoms with Crippen molar-refractivity contribution in [2.24, 2.45) is 0 Å². The Labute approximate surface area is 79.3 Å². The van der Waals surface area contributed by atoms with Gasteiger partial charge in [0.15, 0.2) is 0 Å². The van der Waals surface area contributed by atoms with Crippen LogP contribution < -0.4 is 0 Å². The van der Waals surface area contributed by atoms with Gasteiger partial charge in [0, 0.05) is 12.8 Å². The van der Waals surface area contributed by atoms with Crippen LogP contribution in [0.2, 0.25) is 0 Å². The lowest BCUT2D eigenvalue weighted by Gasteiger charge is -2.29. The van der Waals surface area contributed by atoms with Crippen molar-refractivity contribution in [3.05, 3.63) is 24.3 Å². The second-order valence-corrected chi connectivity index (χ2v) is 3.24. The zero-order chi connectivity index (χ0) is 9.73. The molecule has 72 valence electrons. The van der Waals surface area contributed by atoms with Crippen molar-refractivity contribution < 1.29 is 9.53 Å². The standard InChI is InChI=1S/C11H16O2/c1-3-10(12)13-11(4-2)8-6-5-7-9-11/h5-8H,3-4,9H2,1-2H3. The normalized spacial score (nSPS) is 26.0. The predicted molar refractivity (Wildman–Crippen MR) is 52.3 cm³/mol. The highest BCUT2D eigenvalue weighted by atomic mass is 16.6. The summed E-state index contributed by atoms with van der Waals surface area (Å²) in [5.74, 6) is -0.123. The maximum absolute atomic E-state index is 11.2. The van der Waals surface area contributed by atoms with Gasteiger partial charge in [-0.15, -0.1) is 0 Å². The summed E-state index contributed by atoms with van der Waals surface area (Å²) < 4.78 is 5.40. The Morgan fingerprint density at radius 2 is 2.23 bits per heavy atom. The number of carbonyl (C=O) groups is 1. The second kappa shape index (κ2) is 4.26. The van der Waals surface area contributed by atoms with Gasteiger partial charge in [0.25, 0.3) is 0 Å². The number of carbonyl (C=O) groups excluding carboxylic acids is 1. The Hall–Kier alpha value is -1.05. The molecule has 0 fully saturated rings. The third-order valence-corrected chi connectivity index (χ3v) is 2.31. The number of hydrogen-bond donors (Lipinski definition) is 0. The van der Waals surface area contributed by atoms with Gasteiger partial charge in [0.05, 0.1) is 0 Å². The van der Waals surface area contributed by atoms with E-state index >= 15 is 0 Å². The van der Waals surface area contributed by atoms with Crippen molar-refractivity contribution in [3.8, 4) is 0 Å². The third-order valence-electron chi connectivity index (χ3n) is 2.31. The van der Waals surface area contributed by atoms with Crippen LogP contribution in [-0.4, -0.2) is 11.6 Å². The molecule has 0 aromatic rings. The van der Waals surface area contributed by atoms with E-state index in [9.17, 15) is 4.79 Å². The lowest BCUT2D eigenvalue weighted by Crippen LogP contribution is -2.32. The lowest BCUT2D eigenvalue weighted by molar-refractivity contribution is -0.154. The minimum atomic E-state index is -0.373. The molecule has 1 aliphatic carbocycles. The Morgan fingerprint density at radius 3 is 2.69 bits per heavy atom. The van der Waals surface area contributed by atoms with E-state index < -0.39 is 0 Å². The zero-order valence-electron chi connectivity index (χ0n) is 8.25. The summed E-state index contributed by atoms with van der Waals surface area (Å²) in [6.45, 7) is 3.85. The van der Waals surface area contributed by atoms with Crippen molar-refractivity contribution in [2.45, 2.75) is 38.7 Å². The van der Waals surface area contributed by atoms with Gasteiger partial charge in [-0.3, -0.25) is 4.79 Å². The molecule has 0 heterocycles. The maximum atomic E-state index is 11.2. The van der Waals surface area contributed by atoms with Gasteiger partial charge in [0.2, 0.25) is 0 Å². The first-order chi connectivity index (χ1) is 6.22. The summed E-state index contributed by atoms with van der Waals surface area (Å²) in [6, 6.07) is 0. The topological polar surface area (TPSA) is 26.3 Å². The van der Waals surface area contributed by atoms with Gasteiger partial charge < -0.3 is 4.74 Å². The number of hydrogen-bond acceptors (Lipinski definition) is 2. The van der Waals surface area contributed by atoms with Crippen LogP contribution in [0.4, 0.5) is 0 Å². The van der Waals surface area contributed by atoms with Crippen molar-refractivity contribution in [1.82, 2.24) is 0 Å². The molecule has 2 heteroatoms. The molecule has 0 bridgehead atoms. The van der Waals surface area contributed by atoms with E-state index in [1.165, 1.54) is 0 Å². The molecule has 13 heavy (non-hydrogen) atoms. The SMILES string of the molecule is CCC(=O)OC1(CC)C=CC=CC1. The Morgan fingerprint density at radius 1 is 1.46 bits per heavy atom. The number of ether oxygens (including phenoxy) is 1. The highest BCUT2D eigenvalue weighted by Gasteiger charge is 2.28. The van der Waals surface area contributed by atoms with Crippen LogP contribution in [0.1, 0.15) is 33.1 Å². The molecule has 0 radical (unpaired) electrons. The number of rotatable bonds is 3.